The molecule has 0 atom stereocenters. The molecule has 1 amide bonds. The topological polar surface area (TPSA) is 106 Å². The first kappa shape index (κ1) is 25.5. The van der Waals surface area contributed by atoms with Crippen molar-refractivity contribution in [3.05, 3.63) is 63.9 Å². The van der Waals surface area contributed by atoms with Gasteiger partial charge in [-0.3, -0.25) is 10.1 Å². The van der Waals surface area contributed by atoms with E-state index in [9.17, 15) is 18.0 Å². The zero-order valence-electron chi connectivity index (χ0n) is 18.8. The van der Waals surface area contributed by atoms with Crippen LogP contribution in [0.3, 0.4) is 0 Å². The molecule has 0 unspecified atom stereocenters. The Morgan fingerprint density at radius 1 is 1.06 bits per heavy atom. The number of thiazole rings is 1. The minimum Gasteiger partial charge on any atom is -0.452 e. The van der Waals surface area contributed by atoms with Crippen molar-refractivity contribution in [2.75, 3.05) is 25.0 Å². The molecule has 0 spiro atoms. The van der Waals surface area contributed by atoms with Crippen LogP contribution in [0.4, 0.5) is 5.13 Å². The predicted octanol–water partition coefficient (Wildman–Crippen LogP) is 4.93. The van der Waals surface area contributed by atoms with E-state index < -0.39 is 28.5 Å². The lowest BCUT2D eigenvalue weighted by Crippen LogP contribution is -2.32. The van der Waals surface area contributed by atoms with Gasteiger partial charge in [-0.05, 0) is 43.2 Å². The molecule has 1 fully saturated rings. The van der Waals surface area contributed by atoms with E-state index in [0.29, 0.717) is 23.9 Å². The summed E-state index contributed by atoms with van der Waals surface area (Å²) >= 11 is 4.68. The highest BCUT2D eigenvalue weighted by molar-refractivity contribution is 9.10. The standard InChI is InChI=1S/C24H24BrN3O5S2/c25-19-9-5-7-17(13-19)21-16-34-24(26-21)27-22(29)15-33-23(30)18-8-6-10-20(14-18)35(31,32)28-11-3-1-2-4-12-28/h5-10,13-14,16H,1-4,11-12,15H2,(H,26,27,29). The summed E-state index contributed by atoms with van der Waals surface area (Å²) < 4.78 is 33.5. The van der Waals surface area contributed by atoms with Gasteiger partial charge in [-0.2, -0.15) is 4.31 Å². The third kappa shape index (κ3) is 6.54. The lowest BCUT2D eigenvalue weighted by Gasteiger charge is -2.20. The number of anilines is 1. The minimum absolute atomic E-state index is 0.0427. The summed E-state index contributed by atoms with van der Waals surface area (Å²) in [5, 5.41) is 4.82. The van der Waals surface area contributed by atoms with Gasteiger partial charge in [0, 0.05) is 28.5 Å². The van der Waals surface area contributed by atoms with E-state index in [0.717, 1.165) is 35.7 Å². The normalized spacial score (nSPS) is 14.8. The molecule has 184 valence electrons. The predicted molar refractivity (Wildman–Crippen MR) is 138 cm³/mol. The quantitative estimate of drug-likeness (QED) is 0.399. The molecule has 1 aliphatic rings. The summed E-state index contributed by atoms with van der Waals surface area (Å²) in [5.41, 5.74) is 1.68. The number of ether oxygens (including phenoxy) is 1. The monoisotopic (exact) mass is 577 g/mol. The van der Waals surface area contributed by atoms with E-state index in [4.69, 9.17) is 4.74 Å². The molecule has 1 aliphatic heterocycles. The Morgan fingerprint density at radius 2 is 1.80 bits per heavy atom. The van der Waals surface area contributed by atoms with Gasteiger partial charge in [0.15, 0.2) is 11.7 Å². The number of amides is 1. The van der Waals surface area contributed by atoms with E-state index in [2.05, 4.69) is 26.2 Å². The van der Waals surface area contributed by atoms with Crippen LogP contribution in [-0.4, -0.2) is 49.3 Å². The smallest absolute Gasteiger partial charge is 0.338 e. The van der Waals surface area contributed by atoms with Gasteiger partial charge in [0.2, 0.25) is 10.0 Å². The number of hydrogen-bond acceptors (Lipinski definition) is 7. The van der Waals surface area contributed by atoms with Gasteiger partial charge in [-0.25, -0.2) is 18.2 Å². The zero-order chi connectivity index (χ0) is 24.8. The molecule has 35 heavy (non-hydrogen) atoms. The number of benzene rings is 2. The highest BCUT2D eigenvalue weighted by atomic mass is 79.9. The minimum atomic E-state index is -3.70. The second-order valence-corrected chi connectivity index (χ2v) is 11.7. The fourth-order valence-corrected chi connectivity index (χ4v) is 6.39. The van der Waals surface area contributed by atoms with Crippen LogP contribution in [0.15, 0.2) is 63.3 Å². The molecule has 0 radical (unpaired) electrons. The molecular weight excluding hydrogens is 554 g/mol. The van der Waals surface area contributed by atoms with Crippen molar-refractivity contribution in [3.8, 4) is 11.3 Å². The van der Waals surface area contributed by atoms with Crippen molar-refractivity contribution in [3.63, 3.8) is 0 Å². The number of halogens is 1. The Labute approximate surface area is 216 Å². The number of sulfonamides is 1. The Balaban J connectivity index is 1.35. The highest BCUT2D eigenvalue weighted by Crippen LogP contribution is 2.27. The van der Waals surface area contributed by atoms with Crippen molar-refractivity contribution in [1.29, 1.82) is 0 Å². The Bertz CT molecular complexity index is 1320. The van der Waals surface area contributed by atoms with Crippen LogP contribution in [0.25, 0.3) is 11.3 Å². The molecule has 3 aromatic rings. The Hall–Kier alpha value is -2.60. The van der Waals surface area contributed by atoms with Gasteiger partial charge < -0.3 is 4.74 Å². The van der Waals surface area contributed by atoms with Crippen molar-refractivity contribution < 1.29 is 22.7 Å². The molecule has 4 rings (SSSR count). The van der Waals surface area contributed by atoms with Crippen LogP contribution in [0.5, 0.6) is 0 Å². The molecule has 1 N–H and O–H groups in total. The maximum Gasteiger partial charge on any atom is 0.338 e. The Kier molecular flexibility index (Phi) is 8.32. The van der Waals surface area contributed by atoms with Gasteiger partial charge in [-0.1, -0.05) is 47.0 Å². The first-order valence-corrected chi connectivity index (χ1v) is 14.2. The fourth-order valence-electron chi connectivity index (χ4n) is 3.70. The number of nitrogens with one attached hydrogen (secondary N) is 1. The number of nitrogens with zero attached hydrogens (tertiary/aromatic N) is 2. The van der Waals surface area contributed by atoms with Gasteiger partial charge in [0.25, 0.3) is 5.91 Å². The molecule has 1 saturated heterocycles. The van der Waals surface area contributed by atoms with Crippen LogP contribution in [-0.2, 0) is 19.6 Å². The maximum absolute atomic E-state index is 13.0. The molecule has 0 saturated carbocycles. The zero-order valence-corrected chi connectivity index (χ0v) is 22.0. The third-order valence-corrected chi connectivity index (χ3v) is 8.62. The molecular formula is C24H24BrN3O5S2. The lowest BCUT2D eigenvalue weighted by atomic mass is 10.2. The van der Waals surface area contributed by atoms with Crippen LogP contribution in [0.1, 0.15) is 36.0 Å². The molecule has 11 heteroatoms. The van der Waals surface area contributed by atoms with E-state index in [1.807, 2.05) is 29.6 Å². The number of carbonyl (C=O) groups excluding carboxylic acids is 2. The summed E-state index contributed by atoms with van der Waals surface area (Å²) in [6.07, 6.45) is 3.65. The van der Waals surface area contributed by atoms with E-state index in [1.54, 1.807) is 0 Å². The van der Waals surface area contributed by atoms with Crippen molar-refractivity contribution >= 4 is 54.3 Å². The van der Waals surface area contributed by atoms with Crippen molar-refractivity contribution in [2.24, 2.45) is 0 Å². The Morgan fingerprint density at radius 3 is 2.54 bits per heavy atom. The van der Waals surface area contributed by atoms with Gasteiger partial charge in [-0.15, -0.1) is 11.3 Å². The summed E-state index contributed by atoms with van der Waals surface area (Å²) in [7, 11) is -3.70. The number of carbonyl (C=O) groups is 2. The van der Waals surface area contributed by atoms with Crippen molar-refractivity contribution in [2.45, 2.75) is 30.6 Å². The summed E-state index contributed by atoms with van der Waals surface area (Å²) in [6.45, 7) is 0.419. The number of esters is 1. The highest BCUT2D eigenvalue weighted by Gasteiger charge is 2.26. The summed E-state index contributed by atoms with van der Waals surface area (Å²) in [6, 6.07) is 13.4. The van der Waals surface area contributed by atoms with E-state index >= 15 is 0 Å². The average Bonchev–Trinajstić information content (AvgIpc) is 3.13. The largest absolute Gasteiger partial charge is 0.452 e. The van der Waals surface area contributed by atoms with Crippen LogP contribution in [0, 0.1) is 0 Å². The van der Waals surface area contributed by atoms with Gasteiger partial charge in [0.05, 0.1) is 16.2 Å². The molecule has 2 aromatic carbocycles. The van der Waals surface area contributed by atoms with Gasteiger partial charge in [0.1, 0.15) is 0 Å². The summed E-state index contributed by atoms with van der Waals surface area (Å²) in [4.78, 5) is 29.2. The molecule has 8 nitrogen and oxygen atoms in total. The number of aromatic nitrogens is 1. The molecule has 2 heterocycles. The number of hydrogen-bond donors (Lipinski definition) is 1. The molecule has 0 aliphatic carbocycles. The number of rotatable bonds is 7. The average molecular weight is 579 g/mol. The SMILES string of the molecule is O=C(COC(=O)c1cccc(S(=O)(=O)N2CCCCCC2)c1)Nc1nc(-c2cccc(Br)c2)cs1. The van der Waals surface area contributed by atoms with Crippen LogP contribution < -0.4 is 5.32 Å². The second kappa shape index (κ2) is 11.4. The summed E-state index contributed by atoms with van der Waals surface area (Å²) in [5.74, 6) is -1.32. The first-order valence-electron chi connectivity index (χ1n) is 11.1. The lowest BCUT2D eigenvalue weighted by molar-refractivity contribution is -0.119. The van der Waals surface area contributed by atoms with Crippen LogP contribution in [0.2, 0.25) is 0 Å². The molecule has 1 aromatic heterocycles. The third-order valence-electron chi connectivity index (χ3n) is 5.48. The van der Waals surface area contributed by atoms with E-state index in [1.165, 1.54) is 39.9 Å². The second-order valence-electron chi connectivity index (χ2n) is 8.02. The fraction of sp³-hybridized carbons (Fsp3) is 0.292. The van der Waals surface area contributed by atoms with E-state index in [-0.39, 0.29) is 10.5 Å². The maximum atomic E-state index is 13.0. The molecule has 0 bridgehead atoms. The van der Waals surface area contributed by atoms with Gasteiger partial charge >= 0.3 is 5.97 Å². The van der Waals surface area contributed by atoms with Crippen molar-refractivity contribution in [1.82, 2.24) is 9.29 Å². The van der Waals surface area contributed by atoms with Crippen LogP contribution >= 0.6 is 27.3 Å². The first-order chi connectivity index (χ1) is 16.8.